The monoisotopic (exact) mass is 234 g/mol. The van der Waals surface area contributed by atoms with Gasteiger partial charge >= 0.3 is 0 Å². The van der Waals surface area contributed by atoms with Gasteiger partial charge in [-0.05, 0) is 12.3 Å². The lowest BCUT2D eigenvalue weighted by Gasteiger charge is -2.13. The number of hydrogen-bond donors (Lipinski definition) is 1. The number of nitrogens with zero attached hydrogens (tertiary/aromatic N) is 1. The summed E-state index contributed by atoms with van der Waals surface area (Å²) in [4.78, 5) is 0. The Bertz CT molecular complexity index is 308. The summed E-state index contributed by atoms with van der Waals surface area (Å²) in [7, 11) is -1.94. The van der Waals surface area contributed by atoms with Gasteiger partial charge in [-0.25, -0.2) is 13.1 Å². The van der Waals surface area contributed by atoms with Gasteiger partial charge in [0.15, 0.2) is 5.25 Å². The standard InChI is InChI=1S/C9H18N2O3S/c1-4-9(5-10)15(12,13)11-6-8(2)7-14-3/h8-9,11H,4,6-7H2,1-3H3. The van der Waals surface area contributed by atoms with Crippen molar-refractivity contribution in [3.8, 4) is 6.07 Å². The molecule has 0 rings (SSSR count). The van der Waals surface area contributed by atoms with Crippen LogP contribution in [-0.2, 0) is 14.8 Å². The van der Waals surface area contributed by atoms with E-state index in [0.717, 1.165) is 0 Å². The molecule has 0 aromatic heterocycles. The van der Waals surface area contributed by atoms with E-state index in [1.54, 1.807) is 20.1 Å². The van der Waals surface area contributed by atoms with Crippen LogP contribution < -0.4 is 4.72 Å². The molecule has 0 amide bonds. The zero-order chi connectivity index (χ0) is 11.9. The minimum absolute atomic E-state index is 0.0981. The van der Waals surface area contributed by atoms with Gasteiger partial charge in [-0.15, -0.1) is 0 Å². The van der Waals surface area contributed by atoms with E-state index in [1.807, 2.05) is 6.92 Å². The SMILES string of the molecule is CCC(C#N)S(=O)(=O)NCC(C)COC. The third-order valence-corrected chi connectivity index (χ3v) is 3.73. The van der Waals surface area contributed by atoms with Crippen LogP contribution in [0.5, 0.6) is 0 Å². The number of hydrogen-bond acceptors (Lipinski definition) is 4. The van der Waals surface area contributed by atoms with Gasteiger partial charge in [-0.3, -0.25) is 0 Å². The van der Waals surface area contributed by atoms with Crippen LogP contribution in [0.25, 0.3) is 0 Å². The molecule has 88 valence electrons. The van der Waals surface area contributed by atoms with Gasteiger partial charge in [-0.2, -0.15) is 5.26 Å². The molecule has 0 fully saturated rings. The zero-order valence-corrected chi connectivity index (χ0v) is 10.2. The Hall–Kier alpha value is -0.640. The van der Waals surface area contributed by atoms with Crippen molar-refractivity contribution < 1.29 is 13.2 Å². The average molecular weight is 234 g/mol. The highest BCUT2D eigenvalue weighted by Gasteiger charge is 2.23. The van der Waals surface area contributed by atoms with Crippen LogP contribution in [0, 0.1) is 17.2 Å². The van der Waals surface area contributed by atoms with Crippen LogP contribution in [0.3, 0.4) is 0 Å². The van der Waals surface area contributed by atoms with E-state index in [4.69, 9.17) is 10.00 Å². The second kappa shape index (κ2) is 6.77. The van der Waals surface area contributed by atoms with E-state index in [-0.39, 0.29) is 5.92 Å². The second-order valence-corrected chi connectivity index (χ2v) is 5.43. The first-order chi connectivity index (χ1) is 6.97. The molecule has 0 aliphatic heterocycles. The Morgan fingerprint density at radius 2 is 2.13 bits per heavy atom. The number of methoxy groups -OCH3 is 1. The van der Waals surface area contributed by atoms with E-state index in [2.05, 4.69) is 4.72 Å². The highest BCUT2D eigenvalue weighted by molar-refractivity contribution is 7.90. The Morgan fingerprint density at radius 3 is 2.53 bits per heavy atom. The number of nitriles is 1. The van der Waals surface area contributed by atoms with Crippen molar-refractivity contribution in [2.24, 2.45) is 5.92 Å². The fourth-order valence-corrected chi connectivity index (χ4v) is 2.38. The van der Waals surface area contributed by atoms with E-state index >= 15 is 0 Å². The van der Waals surface area contributed by atoms with Crippen molar-refractivity contribution in [2.45, 2.75) is 25.5 Å². The van der Waals surface area contributed by atoms with Gasteiger partial charge in [0.25, 0.3) is 0 Å². The van der Waals surface area contributed by atoms with Crippen LogP contribution in [0.4, 0.5) is 0 Å². The molecule has 0 heterocycles. The fourth-order valence-electron chi connectivity index (χ4n) is 1.08. The lowest BCUT2D eigenvalue weighted by atomic mass is 10.2. The van der Waals surface area contributed by atoms with Gasteiger partial charge in [0, 0.05) is 20.3 Å². The zero-order valence-electron chi connectivity index (χ0n) is 9.36. The molecule has 0 radical (unpaired) electrons. The maximum atomic E-state index is 11.5. The molecule has 5 nitrogen and oxygen atoms in total. The van der Waals surface area contributed by atoms with E-state index < -0.39 is 15.3 Å². The third kappa shape index (κ3) is 5.11. The number of rotatable bonds is 7. The van der Waals surface area contributed by atoms with Crippen molar-refractivity contribution >= 4 is 10.0 Å². The lowest BCUT2D eigenvalue weighted by Crippen LogP contribution is -2.36. The summed E-state index contributed by atoms with van der Waals surface area (Å²) in [6, 6.07) is 1.77. The van der Waals surface area contributed by atoms with Crippen molar-refractivity contribution in [2.75, 3.05) is 20.3 Å². The molecule has 0 aliphatic rings. The lowest BCUT2D eigenvalue weighted by molar-refractivity contribution is 0.161. The van der Waals surface area contributed by atoms with Crippen molar-refractivity contribution in [3.05, 3.63) is 0 Å². The Balaban J connectivity index is 4.22. The van der Waals surface area contributed by atoms with Gasteiger partial charge in [0.1, 0.15) is 0 Å². The first kappa shape index (κ1) is 14.4. The van der Waals surface area contributed by atoms with Gasteiger partial charge < -0.3 is 4.74 Å². The molecule has 0 saturated carbocycles. The molecule has 0 aromatic rings. The summed E-state index contributed by atoms with van der Waals surface area (Å²) in [5, 5.41) is 7.67. The average Bonchev–Trinajstić information content (AvgIpc) is 2.17. The first-order valence-electron chi connectivity index (χ1n) is 4.85. The van der Waals surface area contributed by atoms with Crippen molar-refractivity contribution in [1.82, 2.24) is 4.72 Å². The van der Waals surface area contributed by atoms with Crippen LogP contribution in [-0.4, -0.2) is 33.9 Å². The molecule has 2 unspecified atom stereocenters. The van der Waals surface area contributed by atoms with E-state index in [9.17, 15) is 8.42 Å². The van der Waals surface area contributed by atoms with Gasteiger partial charge in [0.2, 0.25) is 10.0 Å². The summed E-state index contributed by atoms with van der Waals surface area (Å²) in [6.07, 6.45) is 0.296. The smallest absolute Gasteiger partial charge is 0.227 e. The minimum atomic E-state index is -3.50. The number of sulfonamides is 1. The maximum absolute atomic E-state index is 11.5. The predicted octanol–water partition coefficient (Wildman–Crippen LogP) is 0.490. The summed E-state index contributed by atoms with van der Waals surface area (Å²) >= 11 is 0. The van der Waals surface area contributed by atoms with Crippen LogP contribution in [0.2, 0.25) is 0 Å². The maximum Gasteiger partial charge on any atom is 0.227 e. The van der Waals surface area contributed by atoms with Gasteiger partial charge in [0.05, 0.1) is 6.07 Å². The Labute approximate surface area is 91.5 Å². The van der Waals surface area contributed by atoms with Gasteiger partial charge in [-0.1, -0.05) is 13.8 Å². The molecule has 6 heteroatoms. The fraction of sp³-hybridized carbons (Fsp3) is 0.889. The molecule has 0 aliphatic carbocycles. The third-order valence-electron chi connectivity index (χ3n) is 1.97. The number of nitrogens with one attached hydrogen (secondary N) is 1. The molecule has 15 heavy (non-hydrogen) atoms. The van der Waals surface area contributed by atoms with Crippen LogP contribution >= 0.6 is 0 Å². The molecule has 0 spiro atoms. The Kier molecular flexibility index (Phi) is 6.48. The van der Waals surface area contributed by atoms with Crippen molar-refractivity contribution in [1.29, 1.82) is 5.26 Å². The molecular formula is C9H18N2O3S. The highest BCUT2D eigenvalue weighted by Crippen LogP contribution is 2.03. The molecule has 1 N–H and O–H groups in total. The van der Waals surface area contributed by atoms with E-state index in [1.165, 1.54) is 0 Å². The second-order valence-electron chi connectivity index (χ2n) is 3.48. The molecule has 2 atom stereocenters. The predicted molar refractivity (Wildman–Crippen MR) is 57.7 cm³/mol. The molecule has 0 aromatic carbocycles. The van der Waals surface area contributed by atoms with E-state index in [0.29, 0.717) is 19.6 Å². The summed E-state index contributed by atoms with van der Waals surface area (Å²) in [5.74, 6) is 0.0981. The quantitative estimate of drug-likeness (QED) is 0.695. The molecular weight excluding hydrogens is 216 g/mol. The van der Waals surface area contributed by atoms with Crippen LogP contribution in [0.1, 0.15) is 20.3 Å². The first-order valence-corrected chi connectivity index (χ1v) is 6.39. The minimum Gasteiger partial charge on any atom is -0.384 e. The largest absolute Gasteiger partial charge is 0.384 e. The molecule has 0 saturated heterocycles. The van der Waals surface area contributed by atoms with Crippen molar-refractivity contribution in [3.63, 3.8) is 0 Å². The number of ether oxygens (including phenoxy) is 1. The summed E-state index contributed by atoms with van der Waals surface area (Å²) < 4.78 is 30.4. The normalized spacial score (nSPS) is 15.6. The summed E-state index contributed by atoms with van der Waals surface area (Å²) in [6.45, 7) is 4.34. The molecule has 0 bridgehead atoms. The Morgan fingerprint density at radius 1 is 1.53 bits per heavy atom. The highest BCUT2D eigenvalue weighted by atomic mass is 32.2. The summed E-state index contributed by atoms with van der Waals surface area (Å²) in [5.41, 5.74) is 0. The topological polar surface area (TPSA) is 79.2 Å². The van der Waals surface area contributed by atoms with Crippen LogP contribution in [0.15, 0.2) is 0 Å².